The molecular weight excluding hydrogens is 421 g/mol. The average molecular weight is 443 g/mol. The molecule has 0 aliphatic carbocycles. The van der Waals surface area contributed by atoms with Crippen LogP contribution in [0, 0.1) is 5.41 Å². The highest BCUT2D eigenvalue weighted by Crippen LogP contribution is 2.17. The summed E-state index contributed by atoms with van der Waals surface area (Å²) in [6.45, 7) is 0.993. The first-order chi connectivity index (χ1) is 14.1. The highest BCUT2D eigenvalue weighted by molar-refractivity contribution is 6.30. The molecule has 4 aromatic rings. The molecule has 5 nitrogen and oxygen atoms in total. The highest BCUT2D eigenvalue weighted by atomic mass is 35.5. The van der Waals surface area contributed by atoms with Gasteiger partial charge in [0.15, 0.2) is 0 Å². The van der Waals surface area contributed by atoms with E-state index in [4.69, 9.17) is 21.7 Å². The van der Waals surface area contributed by atoms with Gasteiger partial charge in [-0.1, -0.05) is 54.1 Å². The molecule has 2 N–H and O–H groups in total. The van der Waals surface area contributed by atoms with E-state index in [1.54, 1.807) is 0 Å². The quantitative estimate of drug-likeness (QED) is 0.449. The number of ether oxygens (including phenoxy) is 1. The summed E-state index contributed by atoms with van der Waals surface area (Å²) in [5.74, 6) is 0.716. The van der Waals surface area contributed by atoms with E-state index in [0.717, 1.165) is 16.6 Å². The van der Waals surface area contributed by atoms with Crippen molar-refractivity contribution in [1.29, 1.82) is 5.41 Å². The Bertz CT molecular complexity index is 1150. The van der Waals surface area contributed by atoms with Gasteiger partial charge in [0.1, 0.15) is 18.5 Å². The number of halogens is 2. The van der Waals surface area contributed by atoms with E-state index in [2.05, 4.69) is 0 Å². The van der Waals surface area contributed by atoms with Gasteiger partial charge in [0.25, 0.3) is 0 Å². The highest BCUT2D eigenvalue weighted by Gasteiger charge is 2.15. The molecule has 0 saturated carbocycles. The van der Waals surface area contributed by atoms with E-state index in [1.165, 1.54) is 0 Å². The first-order valence-corrected chi connectivity index (χ1v) is 9.82. The van der Waals surface area contributed by atoms with Crippen molar-refractivity contribution in [3.05, 3.63) is 95.1 Å². The third kappa shape index (κ3) is 4.87. The zero-order valence-corrected chi connectivity index (χ0v) is 17.7. The number of aromatic nitrogens is 2. The summed E-state index contributed by atoms with van der Waals surface area (Å²) in [6, 6.07) is 24.9. The molecule has 3 aromatic carbocycles. The van der Waals surface area contributed by atoms with Crippen LogP contribution < -0.4 is 22.8 Å². The first-order valence-electron chi connectivity index (χ1n) is 9.45. The molecule has 30 heavy (non-hydrogen) atoms. The fourth-order valence-corrected chi connectivity index (χ4v) is 3.51. The lowest BCUT2D eigenvalue weighted by Crippen LogP contribution is -3.00. The topological polar surface area (TPSA) is 63.2 Å². The maximum absolute atomic E-state index is 10.5. The van der Waals surface area contributed by atoms with Gasteiger partial charge in [-0.3, -0.25) is 5.41 Å². The third-order valence-corrected chi connectivity index (χ3v) is 5.06. The van der Waals surface area contributed by atoms with Crippen LogP contribution in [0.25, 0.3) is 11.0 Å². The van der Waals surface area contributed by atoms with Gasteiger partial charge in [0, 0.05) is 5.02 Å². The van der Waals surface area contributed by atoms with Crippen molar-refractivity contribution in [3.63, 3.8) is 0 Å². The van der Waals surface area contributed by atoms with Crippen LogP contribution in [0.2, 0.25) is 5.02 Å². The second kappa shape index (κ2) is 9.85. The lowest BCUT2D eigenvalue weighted by atomic mass is 10.2. The van der Waals surface area contributed by atoms with Crippen molar-refractivity contribution >= 4 is 22.6 Å². The van der Waals surface area contributed by atoms with Gasteiger partial charge in [0.2, 0.25) is 5.62 Å². The maximum atomic E-state index is 10.5. The van der Waals surface area contributed by atoms with E-state index < -0.39 is 6.10 Å². The largest absolute Gasteiger partial charge is 1.00 e. The Hall–Kier alpha value is -2.73. The lowest BCUT2D eigenvalue weighted by molar-refractivity contribution is -0.00000793. The molecular formula is C23H22Cl2N3O2-. The summed E-state index contributed by atoms with van der Waals surface area (Å²) in [4.78, 5) is 0. The number of para-hydroxylation sites is 3. The number of aliphatic hydroxyl groups is 1. The Labute approximate surface area is 186 Å². The average Bonchev–Trinajstić information content (AvgIpc) is 3.00. The van der Waals surface area contributed by atoms with E-state index >= 15 is 0 Å². The van der Waals surface area contributed by atoms with Crippen LogP contribution in [-0.4, -0.2) is 27.0 Å². The molecule has 1 atom stereocenters. The van der Waals surface area contributed by atoms with Crippen molar-refractivity contribution in [2.24, 2.45) is 0 Å². The summed E-state index contributed by atoms with van der Waals surface area (Å²) in [5, 5.41) is 19.9. The predicted octanol–water partition coefficient (Wildman–Crippen LogP) is 1.07. The third-order valence-electron chi connectivity index (χ3n) is 4.81. The smallest absolute Gasteiger partial charge is 0.203 e. The molecule has 1 unspecified atom stereocenters. The number of aliphatic hydroxyl groups excluding tert-OH is 1. The van der Waals surface area contributed by atoms with E-state index in [1.807, 2.05) is 88.0 Å². The summed E-state index contributed by atoms with van der Waals surface area (Å²) in [6.07, 6.45) is -0.737. The Morgan fingerprint density at radius 2 is 1.47 bits per heavy atom. The van der Waals surface area contributed by atoms with Crippen molar-refractivity contribution in [3.8, 4) is 5.75 Å². The summed E-state index contributed by atoms with van der Waals surface area (Å²) >= 11 is 5.99. The zero-order chi connectivity index (χ0) is 20.2. The Balaban J connectivity index is 0.00000256. The van der Waals surface area contributed by atoms with Crippen molar-refractivity contribution in [2.75, 3.05) is 6.61 Å². The number of benzene rings is 3. The SMILES string of the molecule is N=c1n(Cc2ccc(Cl)cc2)c2ccccc2n1CC(O)COc1ccccc1.[Cl-]. The minimum absolute atomic E-state index is 0. The van der Waals surface area contributed by atoms with Gasteiger partial charge in [-0.2, -0.15) is 0 Å². The number of imidazole rings is 1. The number of fused-ring (bicyclic) bond motifs is 1. The molecule has 0 radical (unpaired) electrons. The Kier molecular flexibility index (Phi) is 7.21. The van der Waals surface area contributed by atoms with Crippen molar-refractivity contribution in [1.82, 2.24) is 9.13 Å². The monoisotopic (exact) mass is 442 g/mol. The maximum Gasteiger partial charge on any atom is 0.203 e. The minimum atomic E-state index is -0.737. The molecule has 4 rings (SSSR count). The molecule has 0 aliphatic heterocycles. The van der Waals surface area contributed by atoms with Gasteiger partial charge >= 0.3 is 0 Å². The zero-order valence-electron chi connectivity index (χ0n) is 16.2. The van der Waals surface area contributed by atoms with Crippen molar-refractivity contribution in [2.45, 2.75) is 19.2 Å². The normalized spacial score (nSPS) is 11.8. The molecule has 0 amide bonds. The number of hydrogen-bond acceptors (Lipinski definition) is 3. The van der Waals surface area contributed by atoms with Gasteiger partial charge in [-0.15, -0.1) is 0 Å². The molecule has 0 aliphatic rings. The molecule has 1 heterocycles. The fourth-order valence-electron chi connectivity index (χ4n) is 3.38. The second-order valence-corrected chi connectivity index (χ2v) is 7.35. The van der Waals surface area contributed by atoms with Crippen LogP contribution in [0.5, 0.6) is 5.75 Å². The van der Waals surface area contributed by atoms with E-state index in [-0.39, 0.29) is 25.6 Å². The van der Waals surface area contributed by atoms with Crippen LogP contribution in [0.15, 0.2) is 78.9 Å². The molecule has 7 heteroatoms. The Morgan fingerprint density at radius 1 is 0.867 bits per heavy atom. The van der Waals surface area contributed by atoms with Crippen LogP contribution in [0.1, 0.15) is 5.56 Å². The van der Waals surface area contributed by atoms with E-state index in [0.29, 0.717) is 22.9 Å². The van der Waals surface area contributed by atoms with Crippen LogP contribution in [0.3, 0.4) is 0 Å². The number of hydrogen-bond donors (Lipinski definition) is 2. The lowest BCUT2D eigenvalue weighted by Gasteiger charge is -2.13. The van der Waals surface area contributed by atoms with Crippen LogP contribution >= 0.6 is 11.6 Å². The molecule has 0 saturated heterocycles. The fraction of sp³-hybridized carbons (Fsp3) is 0.174. The summed E-state index contributed by atoms with van der Waals surface area (Å²) < 4.78 is 9.42. The first kappa shape index (κ1) is 22.0. The Morgan fingerprint density at radius 3 is 2.13 bits per heavy atom. The van der Waals surface area contributed by atoms with E-state index in [9.17, 15) is 5.11 Å². The number of nitrogens with one attached hydrogen (secondary N) is 1. The number of rotatable bonds is 7. The number of nitrogens with zero attached hydrogens (tertiary/aromatic N) is 2. The predicted molar refractivity (Wildman–Crippen MR) is 114 cm³/mol. The standard InChI is InChI=1S/C23H22ClN3O2.ClH/c24-18-12-10-17(11-13-18)14-26-21-8-4-5-9-22(21)27(23(26)25)15-19(28)16-29-20-6-2-1-3-7-20;/h1-13,19,25,28H,14-16H2;1H/p-1. The second-order valence-electron chi connectivity index (χ2n) is 6.91. The molecule has 0 spiro atoms. The van der Waals surface area contributed by atoms with Crippen molar-refractivity contribution < 1.29 is 22.3 Å². The molecule has 1 aromatic heterocycles. The molecule has 0 bridgehead atoms. The van der Waals surface area contributed by atoms with Gasteiger partial charge in [0.05, 0.1) is 24.1 Å². The molecule has 156 valence electrons. The van der Waals surface area contributed by atoms with Gasteiger partial charge < -0.3 is 31.4 Å². The van der Waals surface area contributed by atoms with Crippen LogP contribution in [0.4, 0.5) is 0 Å². The molecule has 0 fully saturated rings. The van der Waals surface area contributed by atoms with Crippen LogP contribution in [-0.2, 0) is 13.1 Å². The summed E-state index contributed by atoms with van der Waals surface area (Å²) in [5.41, 5.74) is 3.25. The van der Waals surface area contributed by atoms with Gasteiger partial charge in [-0.05, 0) is 42.0 Å². The summed E-state index contributed by atoms with van der Waals surface area (Å²) in [7, 11) is 0. The van der Waals surface area contributed by atoms with Gasteiger partial charge in [-0.25, -0.2) is 0 Å². The minimum Gasteiger partial charge on any atom is -1.00 e.